The van der Waals surface area contributed by atoms with Gasteiger partial charge in [-0.1, -0.05) is 19.6 Å². The van der Waals surface area contributed by atoms with Gasteiger partial charge in [-0.25, -0.2) is 9.97 Å². The van der Waals surface area contributed by atoms with Gasteiger partial charge in [0.25, 0.3) is 0 Å². The smallest absolute Gasteiger partial charge is 0.154 e. The van der Waals surface area contributed by atoms with Crippen molar-refractivity contribution in [3.63, 3.8) is 0 Å². The van der Waals surface area contributed by atoms with E-state index in [-0.39, 0.29) is 0 Å². The maximum Gasteiger partial charge on any atom is 0.154 e. The first-order valence-electron chi connectivity index (χ1n) is 8.10. The van der Waals surface area contributed by atoms with Gasteiger partial charge in [-0.2, -0.15) is 0 Å². The Morgan fingerprint density at radius 3 is 2.68 bits per heavy atom. The second-order valence-electron chi connectivity index (χ2n) is 6.94. The molecular weight excluding hydrogens is 416 g/mol. The third-order valence-electron chi connectivity index (χ3n) is 3.66. The molecule has 0 aliphatic rings. The van der Waals surface area contributed by atoms with Crippen molar-refractivity contribution in [1.29, 1.82) is 0 Å². The molecule has 3 rings (SSSR count). The summed E-state index contributed by atoms with van der Waals surface area (Å²) in [7, 11) is -1.07. The Kier molecular flexibility index (Phi) is 5.83. The van der Waals surface area contributed by atoms with Crippen molar-refractivity contribution in [2.24, 2.45) is 0 Å². The molecule has 0 aliphatic heterocycles. The van der Waals surface area contributed by atoms with Crippen LogP contribution in [0.5, 0.6) is 0 Å². The Labute approximate surface area is 161 Å². The van der Waals surface area contributed by atoms with Crippen LogP contribution in [0.1, 0.15) is 0 Å². The lowest BCUT2D eigenvalue weighted by molar-refractivity contribution is 0.0883. The zero-order valence-electron chi connectivity index (χ0n) is 14.6. The van der Waals surface area contributed by atoms with Crippen LogP contribution in [0.25, 0.3) is 21.3 Å². The molecule has 3 aromatic heterocycles. The van der Waals surface area contributed by atoms with Gasteiger partial charge >= 0.3 is 0 Å². The Balaban J connectivity index is 1.75. The van der Waals surface area contributed by atoms with Crippen molar-refractivity contribution in [2.45, 2.75) is 32.4 Å². The molecule has 0 unspecified atom stereocenters. The van der Waals surface area contributed by atoms with Crippen LogP contribution in [0.3, 0.4) is 0 Å². The van der Waals surface area contributed by atoms with Crippen molar-refractivity contribution in [3.8, 4) is 21.3 Å². The molecule has 3 aromatic rings. The number of hydrogen-bond donors (Lipinski definition) is 0. The zero-order chi connectivity index (χ0) is 17.9. The van der Waals surface area contributed by atoms with Gasteiger partial charge in [0.2, 0.25) is 0 Å². The highest BCUT2D eigenvalue weighted by Gasteiger charge is 2.17. The lowest BCUT2D eigenvalue weighted by Crippen LogP contribution is -2.22. The average Bonchev–Trinajstić information content (AvgIpc) is 3.17. The third kappa shape index (κ3) is 4.84. The number of ether oxygens (including phenoxy) is 1. The summed E-state index contributed by atoms with van der Waals surface area (Å²) in [5, 5.41) is 0.943. The summed E-state index contributed by atoms with van der Waals surface area (Å²) in [6.45, 7) is 8.37. The number of thiazole rings is 1. The van der Waals surface area contributed by atoms with E-state index < -0.39 is 8.07 Å². The zero-order valence-corrected chi connectivity index (χ0v) is 18.0. The van der Waals surface area contributed by atoms with Crippen LogP contribution in [-0.4, -0.2) is 34.2 Å². The lowest BCUT2D eigenvalue weighted by atomic mass is 10.3. The Bertz CT molecular complexity index is 829. The SMILES string of the molecule is C[Si](C)(C)CCOCn1ccnc1-c1sc(-c2ccncc2)nc1Br. The number of hydrogen-bond acceptors (Lipinski definition) is 5. The molecule has 0 saturated heterocycles. The van der Waals surface area contributed by atoms with E-state index in [0.717, 1.165) is 38.5 Å². The monoisotopic (exact) mass is 436 g/mol. The normalized spacial score (nSPS) is 11.8. The first kappa shape index (κ1) is 18.4. The van der Waals surface area contributed by atoms with E-state index in [4.69, 9.17) is 4.74 Å². The topological polar surface area (TPSA) is 52.8 Å². The van der Waals surface area contributed by atoms with Crippen molar-refractivity contribution < 1.29 is 4.74 Å². The Morgan fingerprint density at radius 1 is 1.20 bits per heavy atom. The van der Waals surface area contributed by atoms with Gasteiger partial charge in [0, 0.05) is 45.0 Å². The summed E-state index contributed by atoms with van der Waals surface area (Å²) >= 11 is 5.18. The molecule has 25 heavy (non-hydrogen) atoms. The Hall–Kier alpha value is -1.35. The van der Waals surface area contributed by atoms with Crippen LogP contribution in [0.2, 0.25) is 25.7 Å². The van der Waals surface area contributed by atoms with Gasteiger partial charge < -0.3 is 9.30 Å². The van der Waals surface area contributed by atoms with Crippen molar-refractivity contribution in [1.82, 2.24) is 19.5 Å². The molecule has 0 amide bonds. The maximum atomic E-state index is 5.87. The molecule has 0 aliphatic carbocycles. The Morgan fingerprint density at radius 2 is 1.96 bits per heavy atom. The van der Waals surface area contributed by atoms with Crippen molar-refractivity contribution >= 4 is 35.3 Å². The third-order valence-corrected chi connectivity index (χ3v) is 7.30. The van der Waals surface area contributed by atoms with E-state index in [9.17, 15) is 0 Å². The summed E-state index contributed by atoms with van der Waals surface area (Å²) in [4.78, 5) is 14.2. The van der Waals surface area contributed by atoms with Crippen LogP contribution >= 0.6 is 27.3 Å². The number of imidazole rings is 1. The summed E-state index contributed by atoms with van der Waals surface area (Å²) in [6, 6.07) is 5.08. The van der Waals surface area contributed by atoms with E-state index in [1.807, 2.05) is 22.9 Å². The van der Waals surface area contributed by atoms with Gasteiger partial charge in [-0.3, -0.25) is 4.98 Å². The van der Waals surface area contributed by atoms with Gasteiger partial charge in [-0.05, 0) is 34.1 Å². The number of rotatable bonds is 7. The molecule has 0 radical (unpaired) electrons. The quantitative estimate of drug-likeness (QED) is 0.379. The predicted octanol–water partition coefficient (Wildman–Crippen LogP) is 5.14. The summed E-state index contributed by atoms with van der Waals surface area (Å²) in [5.74, 6) is 0.873. The van der Waals surface area contributed by atoms with E-state index in [2.05, 4.69) is 50.5 Å². The molecule has 0 atom stereocenters. The first-order valence-corrected chi connectivity index (χ1v) is 13.4. The van der Waals surface area contributed by atoms with Crippen LogP contribution < -0.4 is 0 Å². The van der Waals surface area contributed by atoms with Gasteiger partial charge in [0.1, 0.15) is 21.2 Å². The molecule has 0 saturated carbocycles. The van der Waals surface area contributed by atoms with E-state index in [1.165, 1.54) is 0 Å². The number of aromatic nitrogens is 4. The van der Waals surface area contributed by atoms with Crippen LogP contribution in [-0.2, 0) is 11.5 Å². The van der Waals surface area contributed by atoms with E-state index in [1.54, 1.807) is 29.9 Å². The highest BCUT2D eigenvalue weighted by molar-refractivity contribution is 9.10. The highest BCUT2D eigenvalue weighted by Crippen LogP contribution is 2.37. The minimum absolute atomic E-state index is 0.509. The lowest BCUT2D eigenvalue weighted by Gasteiger charge is -2.15. The van der Waals surface area contributed by atoms with Crippen molar-refractivity contribution in [3.05, 3.63) is 41.5 Å². The van der Waals surface area contributed by atoms with Gasteiger partial charge in [-0.15, -0.1) is 11.3 Å². The van der Waals surface area contributed by atoms with E-state index >= 15 is 0 Å². The largest absolute Gasteiger partial charge is 0.361 e. The molecule has 0 spiro atoms. The molecule has 0 aromatic carbocycles. The fourth-order valence-electron chi connectivity index (χ4n) is 2.22. The molecular formula is C17H21BrN4OSSi. The standard InChI is InChI=1S/C17H21BrN4OSSi/c1-25(2,3)11-10-23-12-22-9-8-20-16(22)14-15(18)21-17(24-14)13-4-6-19-7-5-13/h4-9H,10-12H2,1-3H3. The van der Waals surface area contributed by atoms with Crippen LogP contribution in [0, 0.1) is 0 Å². The fraction of sp³-hybridized carbons (Fsp3) is 0.353. The van der Waals surface area contributed by atoms with E-state index in [0.29, 0.717) is 6.73 Å². The molecule has 0 fully saturated rings. The molecule has 0 bridgehead atoms. The average molecular weight is 437 g/mol. The molecule has 132 valence electrons. The van der Waals surface area contributed by atoms with Crippen molar-refractivity contribution in [2.75, 3.05) is 6.61 Å². The predicted molar refractivity (Wildman–Crippen MR) is 108 cm³/mol. The second-order valence-corrected chi connectivity index (χ2v) is 14.3. The number of nitrogens with zero attached hydrogens (tertiary/aromatic N) is 4. The number of halogens is 1. The van der Waals surface area contributed by atoms with Crippen LogP contribution in [0.4, 0.5) is 0 Å². The first-order chi connectivity index (χ1) is 11.9. The maximum absolute atomic E-state index is 5.87. The summed E-state index contributed by atoms with van der Waals surface area (Å²) < 4.78 is 8.70. The van der Waals surface area contributed by atoms with Gasteiger partial charge in [0.15, 0.2) is 5.82 Å². The number of pyridine rings is 1. The fourth-order valence-corrected chi connectivity index (χ4v) is 4.67. The molecule has 0 N–H and O–H groups in total. The van der Waals surface area contributed by atoms with Crippen LogP contribution in [0.15, 0.2) is 41.5 Å². The summed E-state index contributed by atoms with van der Waals surface area (Å²) in [6.07, 6.45) is 7.30. The minimum atomic E-state index is -1.07. The highest BCUT2D eigenvalue weighted by atomic mass is 79.9. The molecule has 8 heteroatoms. The van der Waals surface area contributed by atoms with Gasteiger partial charge in [0.05, 0.1) is 0 Å². The minimum Gasteiger partial charge on any atom is -0.361 e. The molecule has 5 nitrogen and oxygen atoms in total. The molecule has 3 heterocycles. The second kappa shape index (κ2) is 7.90. The summed E-state index contributed by atoms with van der Waals surface area (Å²) in [5.41, 5.74) is 1.05.